The molecule has 0 spiro atoms. The number of aromatic nitrogens is 1. The molecule has 2 aromatic rings. The number of nitrogens with zero attached hydrogens (tertiary/aromatic N) is 1. The smallest absolute Gasteiger partial charge is 0.257 e. The van der Waals surface area contributed by atoms with Gasteiger partial charge in [0.2, 0.25) is 0 Å². The number of piperidine rings is 1. The Kier molecular flexibility index (Phi) is 5.70. The first-order valence-corrected chi connectivity index (χ1v) is 8.74. The van der Waals surface area contributed by atoms with Crippen LogP contribution in [0.5, 0.6) is 11.6 Å². The van der Waals surface area contributed by atoms with Crippen molar-refractivity contribution in [3.05, 3.63) is 54.2 Å². The van der Waals surface area contributed by atoms with Gasteiger partial charge in [0.1, 0.15) is 0 Å². The minimum Gasteiger partial charge on any atom is -0.488 e. The summed E-state index contributed by atoms with van der Waals surface area (Å²) in [6, 6.07) is 14.6. The Morgan fingerprint density at radius 3 is 2.79 bits per heavy atom. The number of benzene rings is 1. The minimum absolute atomic E-state index is 0.0793. The molecule has 0 bridgehead atoms. The molecule has 4 nitrogen and oxygen atoms in total. The highest BCUT2D eigenvalue weighted by Gasteiger charge is 2.27. The summed E-state index contributed by atoms with van der Waals surface area (Å²) < 4.78 is 11.8. The molecule has 0 amide bonds. The van der Waals surface area contributed by atoms with Gasteiger partial charge < -0.3 is 14.8 Å². The van der Waals surface area contributed by atoms with Gasteiger partial charge in [-0.25, -0.2) is 4.98 Å². The summed E-state index contributed by atoms with van der Waals surface area (Å²) in [4.78, 5) is 4.30. The van der Waals surface area contributed by atoms with Crippen LogP contribution in [-0.4, -0.2) is 30.8 Å². The van der Waals surface area contributed by atoms with Crippen LogP contribution in [-0.2, 0) is 0 Å². The third-order valence-corrected chi connectivity index (χ3v) is 4.37. The summed E-state index contributed by atoms with van der Waals surface area (Å²) in [5.41, 5.74) is 1.40. The minimum atomic E-state index is 0.0793. The summed E-state index contributed by atoms with van der Waals surface area (Å²) >= 11 is 0. The second-order valence-corrected chi connectivity index (χ2v) is 6.55. The van der Waals surface area contributed by atoms with Crippen molar-refractivity contribution in [1.29, 1.82) is 0 Å². The van der Waals surface area contributed by atoms with Crippen molar-refractivity contribution in [1.82, 2.24) is 10.3 Å². The van der Waals surface area contributed by atoms with Gasteiger partial charge in [-0.2, -0.15) is 0 Å². The molecule has 4 heteroatoms. The van der Waals surface area contributed by atoms with Gasteiger partial charge in [0, 0.05) is 18.7 Å². The Labute approximate surface area is 144 Å². The van der Waals surface area contributed by atoms with E-state index in [2.05, 4.69) is 40.6 Å². The maximum absolute atomic E-state index is 6.10. The summed E-state index contributed by atoms with van der Waals surface area (Å²) in [6.45, 7) is 6.68. The number of ether oxygens (including phenoxy) is 2. The lowest BCUT2D eigenvalue weighted by atomic mass is 9.81. The van der Waals surface area contributed by atoms with E-state index in [-0.39, 0.29) is 6.10 Å². The second kappa shape index (κ2) is 8.15. The van der Waals surface area contributed by atoms with Gasteiger partial charge in [-0.3, -0.25) is 0 Å². The molecule has 1 aromatic carbocycles. The topological polar surface area (TPSA) is 43.4 Å². The van der Waals surface area contributed by atoms with Crippen LogP contribution in [0.25, 0.3) is 0 Å². The van der Waals surface area contributed by atoms with Gasteiger partial charge in [0.05, 0.1) is 12.7 Å². The van der Waals surface area contributed by atoms with Crippen LogP contribution < -0.4 is 14.8 Å². The van der Waals surface area contributed by atoms with Crippen LogP contribution in [0.3, 0.4) is 0 Å². The van der Waals surface area contributed by atoms with E-state index in [9.17, 15) is 0 Å². The van der Waals surface area contributed by atoms with Crippen LogP contribution in [0.4, 0.5) is 0 Å². The van der Waals surface area contributed by atoms with Gasteiger partial charge in [0.25, 0.3) is 5.88 Å². The van der Waals surface area contributed by atoms with Crippen molar-refractivity contribution in [3.8, 4) is 11.6 Å². The quantitative estimate of drug-likeness (QED) is 0.880. The maximum Gasteiger partial charge on any atom is 0.257 e. The first-order valence-electron chi connectivity index (χ1n) is 8.74. The first-order chi connectivity index (χ1) is 11.7. The highest BCUT2D eigenvalue weighted by molar-refractivity contribution is 5.32. The molecule has 0 radical (unpaired) electrons. The average Bonchev–Trinajstić information content (AvgIpc) is 2.61. The molecular weight excluding hydrogens is 300 g/mol. The maximum atomic E-state index is 6.10. The van der Waals surface area contributed by atoms with E-state index in [1.54, 1.807) is 6.20 Å². The van der Waals surface area contributed by atoms with E-state index in [1.165, 1.54) is 5.56 Å². The van der Waals surface area contributed by atoms with Crippen LogP contribution in [0, 0.1) is 5.92 Å². The number of hydrogen-bond acceptors (Lipinski definition) is 4. The zero-order valence-electron chi connectivity index (χ0n) is 14.4. The van der Waals surface area contributed by atoms with E-state index in [4.69, 9.17) is 9.47 Å². The van der Waals surface area contributed by atoms with Crippen molar-refractivity contribution in [2.45, 2.75) is 32.3 Å². The molecular formula is C20H26N2O2. The third kappa shape index (κ3) is 4.26. The molecule has 0 saturated carbocycles. The lowest BCUT2D eigenvalue weighted by Crippen LogP contribution is -2.38. The van der Waals surface area contributed by atoms with Crippen molar-refractivity contribution >= 4 is 0 Å². The van der Waals surface area contributed by atoms with Gasteiger partial charge in [-0.15, -0.1) is 0 Å². The summed E-state index contributed by atoms with van der Waals surface area (Å²) in [5.74, 6) is 2.27. The zero-order chi connectivity index (χ0) is 16.8. The van der Waals surface area contributed by atoms with E-state index in [1.807, 2.05) is 26.0 Å². The lowest BCUT2D eigenvalue weighted by Gasteiger charge is -2.32. The number of pyridine rings is 1. The second-order valence-electron chi connectivity index (χ2n) is 6.55. The van der Waals surface area contributed by atoms with E-state index in [0.29, 0.717) is 24.3 Å². The largest absolute Gasteiger partial charge is 0.488 e. The molecule has 1 aromatic heterocycles. The van der Waals surface area contributed by atoms with Gasteiger partial charge >= 0.3 is 0 Å². The molecule has 1 aliphatic heterocycles. The van der Waals surface area contributed by atoms with Crippen LogP contribution >= 0.6 is 0 Å². The van der Waals surface area contributed by atoms with E-state index < -0.39 is 0 Å². The average molecular weight is 326 g/mol. The Morgan fingerprint density at radius 1 is 1.17 bits per heavy atom. The fraction of sp³-hybridized carbons (Fsp3) is 0.450. The molecule has 1 fully saturated rings. The lowest BCUT2D eigenvalue weighted by molar-refractivity contribution is 0.175. The van der Waals surface area contributed by atoms with Crippen molar-refractivity contribution in [2.75, 3.05) is 19.7 Å². The third-order valence-electron chi connectivity index (χ3n) is 4.37. The highest BCUT2D eigenvalue weighted by atomic mass is 16.5. The summed E-state index contributed by atoms with van der Waals surface area (Å²) in [5, 5.41) is 3.49. The molecule has 24 heavy (non-hydrogen) atoms. The van der Waals surface area contributed by atoms with E-state index in [0.717, 1.165) is 25.3 Å². The van der Waals surface area contributed by atoms with Crippen molar-refractivity contribution in [3.63, 3.8) is 0 Å². The molecule has 3 rings (SSSR count). The van der Waals surface area contributed by atoms with Crippen molar-refractivity contribution < 1.29 is 9.47 Å². The van der Waals surface area contributed by atoms with Gasteiger partial charge in [-0.05, 0) is 50.4 Å². The Balaban J connectivity index is 1.69. The van der Waals surface area contributed by atoms with Crippen LogP contribution in [0.2, 0.25) is 0 Å². The zero-order valence-corrected chi connectivity index (χ0v) is 14.4. The highest BCUT2D eigenvalue weighted by Crippen LogP contribution is 2.32. The standard InChI is InChI=1S/C20H26N2O2/c1-15(2)24-20-19(9-6-11-22-20)23-14-17-13-21-12-10-18(17)16-7-4-3-5-8-16/h3-9,11,15,17-18,21H,10,12-14H2,1-2H3/t17-,18-/m0/s1. The monoisotopic (exact) mass is 326 g/mol. The summed E-state index contributed by atoms with van der Waals surface area (Å²) in [7, 11) is 0. The Morgan fingerprint density at radius 2 is 2.00 bits per heavy atom. The molecule has 2 heterocycles. The van der Waals surface area contributed by atoms with Crippen LogP contribution in [0.1, 0.15) is 31.7 Å². The molecule has 1 aliphatic rings. The van der Waals surface area contributed by atoms with Crippen LogP contribution in [0.15, 0.2) is 48.7 Å². The number of hydrogen-bond donors (Lipinski definition) is 1. The molecule has 2 atom stereocenters. The molecule has 128 valence electrons. The SMILES string of the molecule is CC(C)Oc1ncccc1OC[C@@H]1CNCC[C@H]1c1ccccc1. The fourth-order valence-corrected chi connectivity index (χ4v) is 3.23. The van der Waals surface area contributed by atoms with Gasteiger partial charge in [0.15, 0.2) is 5.75 Å². The molecule has 1 N–H and O–H groups in total. The molecule has 0 aliphatic carbocycles. The molecule has 1 saturated heterocycles. The number of rotatable bonds is 6. The van der Waals surface area contributed by atoms with Crippen molar-refractivity contribution in [2.24, 2.45) is 5.92 Å². The fourth-order valence-electron chi connectivity index (χ4n) is 3.23. The van der Waals surface area contributed by atoms with E-state index >= 15 is 0 Å². The molecule has 0 unspecified atom stereocenters. The van der Waals surface area contributed by atoms with Gasteiger partial charge in [-0.1, -0.05) is 30.3 Å². The number of nitrogens with one attached hydrogen (secondary N) is 1. The summed E-state index contributed by atoms with van der Waals surface area (Å²) in [6.07, 6.45) is 2.95. The Hall–Kier alpha value is -2.07. The predicted molar refractivity (Wildman–Crippen MR) is 95.7 cm³/mol. The predicted octanol–water partition coefficient (Wildman–Crippen LogP) is 3.64. The first kappa shape index (κ1) is 16.8. The Bertz CT molecular complexity index is 631. The normalized spacial score (nSPS) is 20.8.